The van der Waals surface area contributed by atoms with Gasteiger partial charge >= 0.3 is 0 Å². The molecule has 0 aromatic heterocycles. The maximum absolute atomic E-state index is 9.51. The van der Waals surface area contributed by atoms with Gasteiger partial charge in [0.05, 0.1) is 5.69 Å². The zero-order valence-electron chi connectivity index (χ0n) is 18.2. The number of benzene rings is 5. The summed E-state index contributed by atoms with van der Waals surface area (Å²) in [6.45, 7) is 0. The van der Waals surface area contributed by atoms with Crippen molar-refractivity contribution in [2.75, 3.05) is 5.32 Å². The molecule has 33 heavy (non-hydrogen) atoms. The van der Waals surface area contributed by atoms with Crippen molar-refractivity contribution in [3.63, 3.8) is 0 Å². The molecule has 1 atom stereocenters. The third-order valence-corrected chi connectivity index (χ3v) is 5.46. The van der Waals surface area contributed by atoms with Gasteiger partial charge in [-0.05, 0) is 70.0 Å². The van der Waals surface area contributed by atoms with E-state index in [0.29, 0.717) is 0 Å². The Morgan fingerprint density at radius 3 is 1.45 bits per heavy atom. The molecule has 5 aromatic carbocycles. The van der Waals surface area contributed by atoms with Gasteiger partial charge < -0.3 is 10.4 Å². The van der Waals surface area contributed by atoms with Crippen molar-refractivity contribution in [1.29, 1.82) is 0 Å². The maximum Gasteiger partial charge on any atom is 0.139 e. The highest BCUT2D eigenvalue weighted by molar-refractivity contribution is 7.27. The van der Waals surface area contributed by atoms with E-state index in [2.05, 4.69) is 81.3 Å². The molecule has 0 aliphatic carbocycles. The number of rotatable bonds is 4. The lowest BCUT2D eigenvalue weighted by atomic mass is 9.99. The Morgan fingerprint density at radius 2 is 0.939 bits per heavy atom. The van der Waals surface area contributed by atoms with Crippen LogP contribution >= 0.6 is 9.24 Å². The summed E-state index contributed by atoms with van der Waals surface area (Å²) < 4.78 is 0. The van der Waals surface area contributed by atoms with Gasteiger partial charge in [-0.2, -0.15) is 0 Å². The lowest BCUT2D eigenvalue weighted by Gasteiger charge is -2.08. The highest BCUT2D eigenvalue weighted by Crippen LogP contribution is 2.26. The summed E-state index contributed by atoms with van der Waals surface area (Å²) in [5.41, 5.74) is 6.71. The number of aromatic hydroxyl groups is 1. The van der Waals surface area contributed by atoms with Crippen LogP contribution in [0.3, 0.4) is 0 Å². The number of phenols is 1. The van der Waals surface area contributed by atoms with Crippen molar-refractivity contribution >= 4 is 25.9 Å². The van der Waals surface area contributed by atoms with Crippen LogP contribution in [0.1, 0.15) is 0 Å². The predicted octanol–water partition coefficient (Wildman–Crippen LogP) is 7.66. The van der Waals surface area contributed by atoms with Gasteiger partial charge in [0, 0.05) is 5.69 Å². The van der Waals surface area contributed by atoms with Gasteiger partial charge in [-0.3, -0.25) is 0 Å². The number of phenolic OH excluding ortho intramolecular Hbond substituents is 1. The van der Waals surface area contributed by atoms with Gasteiger partial charge in [0.1, 0.15) is 5.75 Å². The molecule has 0 heterocycles. The first-order valence-electron chi connectivity index (χ1n) is 10.8. The molecule has 0 amide bonds. The van der Waals surface area contributed by atoms with Crippen LogP contribution in [0.4, 0.5) is 11.4 Å². The molecule has 1 unspecified atom stereocenters. The van der Waals surface area contributed by atoms with Gasteiger partial charge in [-0.25, -0.2) is 0 Å². The Labute approximate surface area is 197 Å². The normalized spacial score (nSPS) is 10.1. The van der Waals surface area contributed by atoms with E-state index in [1.165, 1.54) is 27.6 Å². The van der Waals surface area contributed by atoms with Crippen molar-refractivity contribution in [2.24, 2.45) is 0 Å². The van der Waals surface area contributed by atoms with Crippen molar-refractivity contribution < 1.29 is 5.11 Å². The Bertz CT molecular complexity index is 1230. The molecular weight excluding hydrogens is 421 g/mol. The minimum atomic E-state index is 0.261. The number of hydrogen-bond donors (Lipinski definition) is 2. The van der Waals surface area contributed by atoms with Crippen LogP contribution in [0, 0.1) is 0 Å². The Hall–Kier alpha value is -3.87. The first kappa shape index (κ1) is 22.3. The lowest BCUT2D eigenvalue weighted by molar-refractivity contribution is 0.478. The van der Waals surface area contributed by atoms with Gasteiger partial charge in [-0.15, -0.1) is 9.24 Å². The molecule has 2 nitrogen and oxygen atoms in total. The van der Waals surface area contributed by atoms with Crippen LogP contribution in [0.15, 0.2) is 133 Å². The van der Waals surface area contributed by atoms with Crippen LogP contribution in [0.2, 0.25) is 0 Å². The molecular formula is C30H26NOP. The second kappa shape index (κ2) is 11.1. The van der Waals surface area contributed by atoms with Crippen LogP contribution in [0.25, 0.3) is 22.3 Å². The topological polar surface area (TPSA) is 32.3 Å². The molecule has 0 spiro atoms. The Balaban J connectivity index is 0.000000165. The fourth-order valence-corrected chi connectivity index (χ4v) is 3.86. The third-order valence-electron chi connectivity index (χ3n) is 5.13. The number of hydrogen-bond acceptors (Lipinski definition) is 2. The molecule has 2 N–H and O–H groups in total. The quantitative estimate of drug-likeness (QED) is 0.219. The van der Waals surface area contributed by atoms with Crippen molar-refractivity contribution in [1.82, 2.24) is 0 Å². The van der Waals surface area contributed by atoms with Crippen molar-refractivity contribution in [3.05, 3.63) is 133 Å². The van der Waals surface area contributed by atoms with E-state index >= 15 is 0 Å². The van der Waals surface area contributed by atoms with E-state index in [0.717, 1.165) is 11.4 Å². The minimum Gasteiger partial charge on any atom is -0.506 e. The van der Waals surface area contributed by atoms with Gasteiger partial charge in [-0.1, -0.05) is 91.0 Å². The summed E-state index contributed by atoms with van der Waals surface area (Å²) in [5, 5.41) is 13.8. The summed E-state index contributed by atoms with van der Waals surface area (Å²) in [4.78, 5) is 0. The zero-order valence-corrected chi connectivity index (χ0v) is 19.4. The second-order valence-corrected chi connectivity index (χ2v) is 8.25. The standard InChI is InChI=1S/C18H15P.C12H11NO/c19-18-12-16(14-7-3-1-4-8-14)11-17(13-18)15-9-5-2-6-10-15;14-12-9-5-4-8-11(12)13-10-6-2-1-3-7-10/h1-13H,19H2;1-9,13-14H. The van der Waals surface area contributed by atoms with Gasteiger partial charge in [0.2, 0.25) is 0 Å². The first-order valence-corrected chi connectivity index (χ1v) is 11.4. The van der Waals surface area contributed by atoms with E-state index < -0.39 is 0 Å². The minimum absolute atomic E-state index is 0.261. The smallest absolute Gasteiger partial charge is 0.139 e. The Kier molecular flexibility index (Phi) is 7.53. The summed E-state index contributed by atoms with van der Waals surface area (Å²) in [6, 6.07) is 44.6. The SMILES string of the molecule is Oc1ccccc1Nc1ccccc1.Pc1cc(-c2ccccc2)cc(-c2ccccc2)c1. The van der Waals surface area contributed by atoms with Crippen LogP contribution < -0.4 is 10.6 Å². The molecule has 3 heteroatoms. The summed E-state index contributed by atoms with van der Waals surface area (Å²) >= 11 is 0. The van der Waals surface area contributed by atoms with E-state index in [1.54, 1.807) is 12.1 Å². The largest absolute Gasteiger partial charge is 0.506 e. The molecule has 0 aliphatic heterocycles. The van der Waals surface area contributed by atoms with Crippen molar-refractivity contribution in [3.8, 4) is 28.0 Å². The zero-order chi connectivity index (χ0) is 22.9. The summed E-state index contributed by atoms with van der Waals surface area (Å²) in [7, 11) is 2.80. The highest BCUT2D eigenvalue weighted by atomic mass is 31.0. The average Bonchev–Trinajstić information content (AvgIpc) is 2.87. The van der Waals surface area contributed by atoms with Gasteiger partial charge in [0.25, 0.3) is 0 Å². The van der Waals surface area contributed by atoms with Crippen LogP contribution in [-0.2, 0) is 0 Å². The second-order valence-electron chi connectivity index (χ2n) is 7.58. The fraction of sp³-hybridized carbons (Fsp3) is 0. The number of anilines is 2. The molecule has 5 aromatic rings. The Morgan fingerprint density at radius 1 is 0.485 bits per heavy atom. The fourth-order valence-electron chi connectivity index (χ4n) is 3.50. The molecule has 0 fully saturated rings. The average molecular weight is 448 g/mol. The van der Waals surface area contributed by atoms with E-state index in [1.807, 2.05) is 54.6 Å². The van der Waals surface area contributed by atoms with Crippen molar-refractivity contribution in [2.45, 2.75) is 0 Å². The molecule has 5 rings (SSSR count). The first-order chi connectivity index (χ1) is 16.2. The molecule has 0 aliphatic rings. The third kappa shape index (κ3) is 6.32. The van der Waals surface area contributed by atoms with E-state index in [9.17, 15) is 5.11 Å². The summed E-state index contributed by atoms with van der Waals surface area (Å²) in [6.07, 6.45) is 0. The number of para-hydroxylation sites is 3. The van der Waals surface area contributed by atoms with Crippen LogP contribution in [-0.4, -0.2) is 5.11 Å². The molecule has 0 radical (unpaired) electrons. The van der Waals surface area contributed by atoms with Gasteiger partial charge in [0.15, 0.2) is 0 Å². The predicted molar refractivity (Wildman–Crippen MR) is 144 cm³/mol. The van der Waals surface area contributed by atoms with E-state index in [4.69, 9.17) is 0 Å². The lowest BCUT2D eigenvalue weighted by Crippen LogP contribution is -1.93. The molecule has 162 valence electrons. The monoisotopic (exact) mass is 447 g/mol. The van der Waals surface area contributed by atoms with E-state index in [-0.39, 0.29) is 5.75 Å². The molecule has 0 saturated heterocycles. The summed E-state index contributed by atoms with van der Waals surface area (Å²) in [5.74, 6) is 0.261. The highest BCUT2D eigenvalue weighted by Gasteiger charge is 2.03. The number of nitrogens with one attached hydrogen (secondary N) is 1. The van der Waals surface area contributed by atoms with Crippen LogP contribution in [0.5, 0.6) is 5.75 Å². The maximum atomic E-state index is 9.51. The molecule has 0 bridgehead atoms. The molecule has 0 saturated carbocycles.